The number of carbonyl (C=O) groups is 1. The van der Waals surface area contributed by atoms with Crippen molar-refractivity contribution in [2.24, 2.45) is 0 Å². The number of benzene rings is 2. The zero-order valence-corrected chi connectivity index (χ0v) is 15.3. The van der Waals surface area contributed by atoms with E-state index in [1.807, 2.05) is 0 Å². The minimum atomic E-state index is -3.18. The monoisotopic (exact) mass is 394 g/mol. The lowest BCUT2D eigenvalue weighted by molar-refractivity contribution is 0.0472. The van der Waals surface area contributed by atoms with Crippen molar-refractivity contribution in [2.45, 2.75) is 26.0 Å². The second kappa shape index (κ2) is 8.36. The summed E-state index contributed by atoms with van der Waals surface area (Å²) in [7, 11) is -3.18. The van der Waals surface area contributed by atoms with Crippen LogP contribution in [0.1, 0.15) is 27.0 Å². The third-order valence-electron chi connectivity index (χ3n) is 4.15. The molecule has 146 valence electrons. The standard InChI is InChI=1S/C18H22N2O6S/c21-11-14-1-3-15(4-2-14)12-26-18(23)16-7-5-13(6-8-16)9-20-10-17(22)19-27(20,24)25/h1-8,17,19,21-22,24-25H,9-12H2. The van der Waals surface area contributed by atoms with Gasteiger partial charge in [-0.2, -0.15) is 9.03 Å². The van der Waals surface area contributed by atoms with Crippen LogP contribution in [0.2, 0.25) is 0 Å². The van der Waals surface area contributed by atoms with Crippen LogP contribution in [0.5, 0.6) is 0 Å². The molecule has 0 aromatic heterocycles. The molecule has 5 N–H and O–H groups in total. The van der Waals surface area contributed by atoms with E-state index < -0.39 is 23.2 Å². The van der Waals surface area contributed by atoms with Gasteiger partial charge >= 0.3 is 5.97 Å². The molecule has 2 aromatic rings. The predicted molar refractivity (Wildman–Crippen MR) is 100 cm³/mol. The van der Waals surface area contributed by atoms with Gasteiger partial charge in [0, 0.05) is 6.54 Å². The van der Waals surface area contributed by atoms with Crippen LogP contribution in [0.3, 0.4) is 0 Å². The Hall–Kier alpha value is -1.98. The summed E-state index contributed by atoms with van der Waals surface area (Å²) in [5.74, 6) is -0.463. The van der Waals surface area contributed by atoms with Crippen molar-refractivity contribution in [2.75, 3.05) is 6.54 Å². The molecule has 1 heterocycles. The van der Waals surface area contributed by atoms with Crippen molar-refractivity contribution in [1.82, 2.24) is 9.03 Å². The molecule has 1 aliphatic heterocycles. The second-order valence-electron chi connectivity index (χ2n) is 6.22. The van der Waals surface area contributed by atoms with E-state index in [0.717, 1.165) is 16.7 Å². The molecule has 1 saturated heterocycles. The van der Waals surface area contributed by atoms with Gasteiger partial charge in [-0.25, -0.2) is 4.79 Å². The Bertz CT molecular complexity index is 781. The van der Waals surface area contributed by atoms with Gasteiger partial charge in [-0.1, -0.05) is 47.4 Å². The fraction of sp³-hybridized carbons (Fsp3) is 0.278. The Balaban J connectivity index is 1.55. The molecule has 8 nitrogen and oxygen atoms in total. The molecule has 0 amide bonds. The van der Waals surface area contributed by atoms with Crippen LogP contribution in [0.4, 0.5) is 0 Å². The fourth-order valence-electron chi connectivity index (χ4n) is 2.67. The van der Waals surface area contributed by atoms with Gasteiger partial charge in [0.2, 0.25) is 0 Å². The normalized spacial score (nSPS) is 20.4. The molecule has 0 saturated carbocycles. The molecule has 0 radical (unpaired) electrons. The maximum Gasteiger partial charge on any atom is 0.338 e. The molecule has 3 rings (SSSR count). The van der Waals surface area contributed by atoms with Crippen molar-refractivity contribution >= 4 is 16.9 Å². The molecule has 1 fully saturated rings. The van der Waals surface area contributed by atoms with E-state index in [9.17, 15) is 19.0 Å². The number of hydrogen-bond donors (Lipinski definition) is 5. The zero-order valence-electron chi connectivity index (χ0n) is 14.5. The number of esters is 1. The average molecular weight is 394 g/mol. The summed E-state index contributed by atoms with van der Waals surface area (Å²) < 4.78 is 28.6. The SMILES string of the molecule is O=C(OCc1ccc(CO)cc1)c1ccc(CN2CC(O)NS2(O)O)cc1. The summed E-state index contributed by atoms with van der Waals surface area (Å²) in [6.45, 7) is 0.415. The maximum absolute atomic E-state index is 12.2. The first-order valence-electron chi connectivity index (χ1n) is 8.31. The predicted octanol–water partition coefficient (Wildman–Crippen LogP) is 1.84. The average Bonchev–Trinajstić information content (AvgIpc) is 2.92. The van der Waals surface area contributed by atoms with Crippen molar-refractivity contribution in [3.8, 4) is 0 Å². The molecule has 1 atom stereocenters. The first kappa shape index (κ1) is 19.8. The van der Waals surface area contributed by atoms with Gasteiger partial charge in [-0.15, -0.1) is 0 Å². The van der Waals surface area contributed by atoms with Gasteiger partial charge in [0.15, 0.2) is 0 Å². The van der Waals surface area contributed by atoms with Gasteiger partial charge in [-0.05, 0) is 28.8 Å². The Morgan fingerprint density at radius 1 is 1.07 bits per heavy atom. The highest BCUT2D eigenvalue weighted by Gasteiger charge is 2.34. The van der Waals surface area contributed by atoms with Crippen molar-refractivity contribution in [3.63, 3.8) is 0 Å². The number of aliphatic hydroxyl groups excluding tert-OH is 2. The minimum Gasteiger partial charge on any atom is -0.457 e. The Kier molecular flexibility index (Phi) is 6.12. The van der Waals surface area contributed by atoms with Crippen molar-refractivity contribution in [3.05, 3.63) is 70.8 Å². The molecular formula is C18H22N2O6S. The summed E-state index contributed by atoms with van der Waals surface area (Å²) in [5.41, 5.74) is 2.76. The van der Waals surface area contributed by atoms with E-state index in [0.29, 0.717) is 5.56 Å². The molecule has 1 aliphatic rings. The highest BCUT2D eigenvalue weighted by Crippen LogP contribution is 2.44. The molecule has 0 bridgehead atoms. The van der Waals surface area contributed by atoms with Gasteiger partial charge in [0.1, 0.15) is 12.8 Å². The number of rotatable bonds is 6. The largest absolute Gasteiger partial charge is 0.457 e. The van der Waals surface area contributed by atoms with Gasteiger partial charge in [-0.3, -0.25) is 9.11 Å². The molecule has 0 aliphatic carbocycles. The molecule has 0 spiro atoms. The first-order valence-corrected chi connectivity index (χ1v) is 9.81. The smallest absolute Gasteiger partial charge is 0.338 e. The fourth-order valence-corrected chi connectivity index (χ4v) is 3.94. The Labute approximate surface area is 158 Å². The van der Waals surface area contributed by atoms with Crippen LogP contribution in [0, 0.1) is 0 Å². The third-order valence-corrected chi connectivity index (χ3v) is 5.74. The molecule has 1 unspecified atom stereocenters. The van der Waals surface area contributed by atoms with Gasteiger partial charge in [0.05, 0.1) is 18.7 Å². The molecule has 9 heteroatoms. The van der Waals surface area contributed by atoms with Crippen LogP contribution in [-0.4, -0.2) is 42.4 Å². The topological polar surface area (TPSA) is 122 Å². The number of nitrogens with zero attached hydrogens (tertiary/aromatic N) is 1. The second-order valence-corrected chi connectivity index (χ2v) is 8.01. The van der Waals surface area contributed by atoms with Crippen LogP contribution in [-0.2, 0) is 24.5 Å². The summed E-state index contributed by atoms with van der Waals surface area (Å²) in [6, 6.07) is 13.7. The van der Waals surface area contributed by atoms with Gasteiger partial charge < -0.3 is 14.9 Å². The number of carbonyl (C=O) groups excluding carboxylic acids is 1. The third kappa shape index (κ3) is 5.05. The van der Waals surface area contributed by atoms with E-state index in [-0.39, 0.29) is 26.3 Å². The van der Waals surface area contributed by atoms with Crippen LogP contribution >= 0.6 is 11.0 Å². The van der Waals surface area contributed by atoms with Crippen LogP contribution < -0.4 is 4.72 Å². The first-order chi connectivity index (χ1) is 12.9. The lowest BCUT2D eigenvalue weighted by Gasteiger charge is -2.35. The van der Waals surface area contributed by atoms with E-state index >= 15 is 0 Å². The molecule has 27 heavy (non-hydrogen) atoms. The minimum absolute atomic E-state index is 0.0337. The Morgan fingerprint density at radius 3 is 2.22 bits per heavy atom. The van der Waals surface area contributed by atoms with Gasteiger partial charge in [0.25, 0.3) is 0 Å². The lowest BCUT2D eigenvalue weighted by Crippen LogP contribution is -2.25. The van der Waals surface area contributed by atoms with E-state index in [4.69, 9.17) is 9.84 Å². The molecule has 2 aromatic carbocycles. The summed E-state index contributed by atoms with van der Waals surface area (Å²) in [5, 5.41) is 18.5. The number of hydrogen-bond acceptors (Lipinski definition) is 8. The number of β-amino-alcohol motifs (C(OH)–C–C–N with tert-alkyl or cyclic N) is 1. The number of aliphatic hydroxyl groups is 2. The summed E-state index contributed by atoms with van der Waals surface area (Å²) >= 11 is 0. The summed E-state index contributed by atoms with van der Waals surface area (Å²) in [4.78, 5) is 12.2. The van der Waals surface area contributed by atoms with Crippen molar-refractivity contribution < 1.29 is 28.8 Å². The van der Waals surface area contributed by atoms with Crippen LogP contribution in [0.25, 0.3) is 0 Å². The maximum atomic E-state index is 12.2. The van der Waals surface area contributed by atoms with E-state index in [2.05, 4.69) is 4.72 Å². The van der Waals surface area contributed by atoms with E-state index in [1.165, 1.54) is 4.31 Å². The summed E-state index contributed by atoms with van der Waals surface area (Å²) in [6.07, 6.45) is -0.990. The van der Waals surface area contributed by atoms with Crippen molar-refractivity contribution in [1.29, 1.82) is 0 Å². The highest BCUT2D eigenvalue weighted by atomic mass is 32.3. The highest BCUT2D eigenvalue weighted by molar-refractivity contribution is 8.20. The Morgan fingerprint density at radius 2 is 1.67 bits per heavy atom. The van der Waals surface area contributed by atoms with Crippen LogP contribution in [0.15, 0.2) is 48.5 Å². The lowest BCUT2D eigenvalue weighted by atomic mass is 10.1. The number of nitrogens with one attached hydrogen (secondary N) is 1. The van der Waals surface area contributed by atoms with E-state index in [1.54, 1.807) is 48.5 Å². The molecular weight excluding hydrogens is 372 g/mol. The quantitative estimate of drug-likeness (QED) is 0.471. The zero-order chi connectivity index (χ0) is 19.4. The number of ether oxygens (including phenoxy) is 1.